The predicted octanol–water partition coefficient (Wildman–Crippen LogP) is 27.7. The van der Waals surface area contributed by atoms with Crippen molar-refractivity contribution in [2.45, 2.75) is 185 Å². The van der Waals surface area contributed by atoms with E-state index in [9.17, 15) is 19.8 Å². The highest BCUT2D eigenvalue weighted by Crippen LogP contribution is 2.90. The summed E-state index contributed by atoms with van der Waals surface area (Å²) in [6.07, 6.45) is 18.3. The lowest BCUT2D eigenvalue weighted by atomic mass is 9.70. The van der Waals surface area contributed by atoms with Gasteiger partial charge in [0.1, 0.15) is 34.2 Å². The highest BCUT2D eigenvalue weighted by Gasteiger charge is 2.92. The molecule has 0 radical (unpaired) electrons. The molecule has 0 aliphatic heterocycles. The molecule has 8 unspecified atom stereocenters. The van der Waals surface area contributed by atoms with Gasteiger partial charge in [-0.2, -0.15) is 0 Å². The molecule has 2 N–H and O–H groups in total. The van der Waals surface area contributed by atoms with Crippen molar-refractivity contribution in [3.63, 3.8) is 0 Å². The molecule has 0 amide bonds. The first-order valence-electron chi connectivity index (χ1n) is 52.7. The Bertz CT molecular complexity index is 10200. The molecule has 16 aliphatic rings. The van der Waals surface area contributed by atoms with Gasteiger partial charge in [0.15, 0.2) is 10.8 Å². The lowest BCUT2D eigenvalue weighted by Gasteiger charge is -2.33. The zero-order valence-corrected chi connectivity index (χ0v) is 80.8. The van der Waals surface area contributed by atoms with Crippen molar-refractivity contribution in [1.29, 1.82) is 0 Å². The molecule has 2 saturated carbocycles. The van der Waals surface area contributed by atoms with Crippen molar-refractivity contribution in [2.24, 2.45) is 22.7 Å². The summed E-state index contributed by atoms with van der Waals surface area (Å²) >= 11 is 0. The van der Waals surface area contributed by atoms with E-state index in [0.29, 0.717) is 75.7 Å². The van der Waals surface area contributed by atoms with Crippen LogP contribution in [0.25, 0.3) is 195 Å². The second-order valence-electron chi connectivity index (χ2n) is 48.1. The maximum atomic E-state index is 16.0. The first-order valence-corrected chi connectivity index (χ1v) is 52.7. The van der Waals surface area contributed by atoms with E-state index in [0.717, 1.165) is 59.1 Å². The Balaban J connectivity index is 0.000000123. The Morgan fingerprint density at radius 1 is 0.313 bits per heavy atom. The standard InChI is InChI=1S/C70H52O10.C60H36O6.CH4/c1-67(2,3)79-65(73)77-38-15-11-29(12-16-38)9-7-19-75-63(71)70(64(72)76-20-8-10-30-13-17-39(18-14-30)78-66(74)80-68(4,5)6)62-40-27-36-25-33-23-34-22-31-21-32-24-35-26-37-28-69(62,70)61-47(37)52-46(35)51-42(32)41(31)49-45(34)50-43(33)44(36)53-48(40)60(61)59-57(52)55(51)54(49)56(50)58(53)59;61-32-9-5-23(6-10-32)3-1-13-65-57(63)60(58(64)66-14-2-4-24-7-11-33(62)12-8-24)56-34-21-30-19-27-17-28-16-25-15-26-18-29-20-31-22-59(56,60)55-41(31)46-40(29)45-36(26)35(25)43-39(28)44-37(27)38(30)47-42(34)54(55)53-51(46)49(45)48(43)50(44)52(47)53;/h11-18,22-24,26-27,35,46,62H,7-10,19-21,25,28H2,1-6H3;5-12,16-18,20-21,29,40,56,61-62H,1-4,13-15,19,22H2;1H4. The zero-order chi connectivity index (χ0) is 96.5. The van der Waals surface area contributed by atoms with Gasteiger partial charge in [-0.15, -0.1) is 0 Å². The minimum Gasteiger partial charge on any atom is -0.508 e. The highest BCUT2D eigenvalue weighted by atomic mass is 16.7. The number of carbonyl (C=O) groups is 6. The summed E-state index contributed by atoms with van der Waals surface area (Å²) in [5.74, 6) is -0.864. The normalized spacial score (nSPS) is 22.1. The van der Waals surface area contributed by atoms with E-state index in [1.54, 1.807) is 95.6 Å². The smallest absolute Gasteiger partial charge is 0.508 e. The van der Waals surface area contributed by atoms with Crippen LogP contribution >= 0.6 is 0 Å². The quantitative estimate of drug-likeness (QED) is 0.0161. The van der Waals surface area contributed by atoms with E-state index in [1.807, 2.05) is 48.5 Å². The Hall–Kier alpha value is -15.4. The summed E-state index contributed by atoms with van der Waals surface area (Å²) in [6, 6.07) is 43.9. The molecule has 712 valence electrons. The van der Waals surface area contributed by atoms with Crippen LogP contribution in [0.5, 0.6) is 23.0 Å². The molecule has 0 heterocycles. The second-order valence-corrected chi connectivity index (χ2v) is 48.1. The average molecular weight is 1920 g/mol. The number of ether oxygens (including phenoxy) is 8. The molecular formula is C131H92O16. The molecule has 16 aliphatic carbocycles. The molecule has 38 rings (SSSR count). The molecule has 8 atom stereocenters. The summed E-state index contributed by atoms with van der Waals surface area (Å²) in [4.78, 5) is 88.3. The van der Waals surface area contributed by atoms with Crippen molar-refractivity contribution in [2.75, 3.05) is 26.4 Å². The number of phenolic OH excluding ortho intramolecular Hbond substituents is 2. The predicted molar refractivity (Wildman–Crippen MR) is 570 cm³/mol. The lowest BCUT2D eigenvalue weighted by Crippen LogP contribution is -2.37. The fourth-order valence-corrected chi connectivity index (χ4v) is 35.4. The largest absolute Gasteiger partial charge is 0.514 e. The third kappa shape index (κ3) is 8.68. The van der Waals surface area contributed by atoms with Gasteiger partial charge < -0.3 is 48.1 Å². The van der Waals surface area contributed by atoms with Crippen LogP contribution in [0.15, 0.2) is 158 Å². The Morgan fingerprint density at radius 3 is 0.946 bits per heavy atom. The SMILES string of the molecule is C.CC(C)(C)OC(=O)Oc1ccc(CCCOC(=O)C2(C(=O)OCCCc3ccc(OC(=O)OC(C)(C)C)cc3)C3c4cc5c6c7c(cc8cc9c%10c%11c%12c%13c%14c%15c%16c(c%17c4c6c(c%17%14)c4c7c8c%10c%134)C32CC%16=CC(C=C%11C9)C%15%12)C5)cc1.O=C(OCCCc1ccc(O)cc1)C1(C(=O)OCCCc2ccc(O)cc2)C2c3cc4c5c6c(cc7cc8c9c%10c%11c%12c%13c%14c%15c(c%16c3c5c(c%16%13)c3c6c7c9c%123)C21CC%15=CC(C=C%10C8)C%14%11)C4. The molecule has 0 aromatic heterocycles. The van der Waals surface area contributed by atoms with E-state index in [2.05, 4.69) is 60.7 Å². The van der Waals surface area contributed by atoms with Crippen LogP contribution in [0.1, 0.15) is 234 Å². The number of aromatic hydroxyl groups is 2. The van der Waals surface area contributed by atoms with Crippen LogP contribution < -0.4 is 9.47 Å². The third-order valence-corrected chi connectivity index (χ3v) is 39.2. The number of esters is 4. The summed E-state index contributed by atoms with van der Waals surface area (Å²) in [6.45, 7) is 11.3. The number of aryl methyl sites for hydroxylation is 4. The summed E-state index contributed by atoms with van der Waals surface area (Å²) < 4.78 is 47.7. The number of hydrogen-bond donors (Lipinski definition) is 2. The Labute approximate surface area is 839 Å². The number of fused-ring (bicyclic) bond motifs is 2. The van der Waals surface area contributed by atoms with Gasteiger partial charge in [0, 0.05) is 46.3 Å². The lowest BCUT2D eigenvalue weighted by molar-refractivity contribution is -0.168. The fraction of sp³-hybridized carbons (Fsp3) is 0.282. The van der Waals surface area contributed by atoms with E-state index in [-0.39, 0.29) is 69.0 Å². The second kappa shape index (κ2) is 25.3. The number of carbonyl (C=O) groups excluding carboxylic acids is 6. The number of phenols is 2. The third-order valence-electron chi connectivity index (χ3n) is 39.2. The minimum atomic E-state index is -1.63. The van der Waals surface area contributed by atoms with Crippen LogP contribution in [-0.2, 0) is 110 Å². The van der Waals surface area contributed by atoms with Crippen LogP contribution in [0.4, 0.5) is 9.59 Å². The molecule has 2 spiro atoms. The summed E-state index contributed by atoms with van der Waals surface area (Å²) in [7, 11) is 0. The molecule has 2 fully saturated rings. The van der Waals surface area contributed by atoms with Gasteiger partial charge in [-0.3, -0.25) is 19.2 Å². The van der Waals surface area contributed by atoms with Gasteiger partial charge in [0.05, 0.1) is 26.4 Å². The van der Waals surface area contributed by atoms with Gasteiger partial charge in [-0.25, -0.2) is 9.59 Å². The zero-order valence-electron chi connectivity index (χ0n) is 80.8. The first-order chi connectivity index (χ1) is 70.9. The monoisotopic (exact) mass is 1920 g/mol. The molecule has 22 aromatic carbocycles. The number of rotatable bonds is 22. The number of benzene rings is 18. The first kappa shape index (κ1) is 80.9. The average Bonchev–Trinajstić information content (AvgIpc) is 1.41. The van der Waals surface area contributed by atoms with Crippen molar-refractivity contribution in [1.82, 2.24) is 0 Å². The van der Waals surface area contributed by atoms with Gasteiger partial charge in [0.25, 0.3) is 0 Å². The fourth-order valence-electron chi connectivity index (χ4n) is 35.4. The Kier molecular flexibility index (Phi) is 13.9. The van der Waals surface area contributed by atoms with Crippen LogP contribution in [0, 0.1) is 22.7 Å². The van der Waals surface area contributed by atoms with E-state index in [4.69, 9.17) is 37.9 Å². The van der Waals surface area contributed by atoms with Crippen molar-refractivity contribution in [3.05, 3.63) is 280 Å². The molecule has 147 heavy (non-hydrogen) atoms. The maximum absolute atomic E-state index is 16.0. The van der Waals surface area contributed by atoms with E-state index >= 15 is 19.2 Å². The molecule has 0 saturated heterocycles. The number of hydrogen-bond acceptors (Lipinski definition) is 16. The summed E-state index contributed by atoms with van der Waals surface area (Å²) in [5.41, 5.74) is 27.9. The Morgan fingerprint density at radius 2 is 0.599 bits per heavy atom. The van der Waals surface area contributed by atoms with E-state index in [1.165, 1.54) is 278 Å². The molecule has 0 bridgehead atoms. The molecule has 22 aromatic rings. The summed E-state index contributed by atoms with van der Waals surface area (Å²) in [5, 5.41) is 65.2. The van der Waals surface area contributed by atoms with Crippen molar-refractivity contribution < 1.29 is 76.9 Å². The van der Waals surface area contributed by atoms with Crippen molar-refractivity contribution in [3.8, 4) is 23.0 Å². The highest BCUT2D eigenvalue weighted by molar-refractivity contribution is 6.62. The molecular weight excluding hydrogens is 1830 g/mol. The number of allylic oxidation sites excluding steroid dienone is 8. The van der Waals surface area contributed by atoms with Crippen LogP contribution in [0.3, 0.4) is 0 Å². The van der Waals surface area contributed by atoms with Crippen LogP contribution in [0.2, 0.25) is 0 Å². The van der Waals surface area contributed by atoms with Gasteiger partial charge in [-0.05, 0) is 497 Å². The molecule has 16 nitrogen and oxygen atoms in total. The maximum Gasteiger partial charge on any atom is 0.514 e. The van der Waals surface area contributed by atoms with Crippen LogP contribution in [-0.4, -0.2) is 84.0 Å². The molecule has 16 heteroatoms. The topological polar surface area (TPSA) is 217 Å². The van der Waals surface area contributed by atoms with Gasteiger partial charge in [-0.1, -0.05) is 117 Å². The minimum absolute atomic E-state index is 0. The van der Waals surface area contributed by atoms with E-state index < -0.39 is 80.9 Å². The van der Waals surface area contributed by atoms with Crippen molar-refractivity contribution >= 4 is 231 Å². The van der Waals surface area contributed by atoms with Gasteiger partial charge >= 0.3 is 36.2 Å². The van der Waals surface area contributed by atoms with Gasteiger partial charge in [0.2, 0.25) is 0 Å².